The number of carbonyl (C=O) groups excluding carboxylic acids is 2. The summed E-state index contributed by atoms with van der Waals surface area (Å²) in [5.74, 6) is 1.69. The van der Waals surface area contributed by atoms with Crippen molar-refractivity contribution in [3.05, 3.63) is 101 Å². The Morgan fingerprint density at radius 2 is 1.61 bits per heavy atom. The summed E-state index contributed by atoms with van der Waals surface area (Å²) < 4.78 is 17.4. The molecule has 0 bridgehead atoms. The molecule has 5 rings (SSSR count). The molecule has 1 N–H and O–H groups in total. The van der Waals surface area contributed by atoms with Crippen molar-refractivity contribution in [1.29, 1.82) is 0 Å². The van der Waals surface area contributed by atoms with Crippen LogP contribution in [0.4, 0.5) is 0 Å². The Hall–Kier alpha value is -4.06. The van der Waals surface area contributed by atoms with Crippen LogP contribution in [-0.4, -0.2) is 24.9 Å². The summed E-state index contributed by atoms with van der Waals surface area (Å²) in [6.07, 6.45) is 1.34. The van der Waals surface area contributed by atoms with E-state index in [1.165, 1.54) is 0 Å². The minimum absolute atomic E-state index is 0.00836. The van der Waals surface area contributed by atoms with E-state index in [-0.39, 0.29) is 36.1 Å². The van der Waals surface area contributed by atoms with E-state index < -0.39 is 0 Å². The van der Waals surface area contributed by atoms with Crippen LogP contribution in [0.2, 0.25) is 0 Å². The largest absolute Gasteiger partial charge is 0.493 e. The number of hydrogen-bond acceptors (Lipinski definition) is 5. The first-order valence-corrected chi connectivity index (χ1v) is 13.1. The fraction of sp³-hybridized carbons (Fsp3) is 0.312. The van der Waals surface area contributed by atoms with Crippen molar-refractivity contribution in [2.75, 3.05) is 7.11 Å². The van der Waals surface area contributed by atoms with E-state index in [9.17, 15) is 9.59 Å². The molecule has 3 aromatic carbocycles. The van der Waals surface area contributed by atoms with Crippen LogP contribution in [0.15, 0.2) is 84.1 Å². The van der Waals surface area contributed by atoms with Gasteiger partial charge in [0.05, 0.1) is 13.2 Å². The lowest BCUT2D eigenvalue weighted by Gasteiger charge is -2.34. The van der Waals surface area contributed by atoms with Gasteiger partial charge in [0.1, 0.15) is 12.4 Å². The molecule has 6 heteroatoms. The van der Waals surface area contributed by atoms with Gasteiger partial charge in [0.2, 0.25) is 5.91 Å². The summed E-state index contributed by atoms with van der Waals surface area (Å²) >= 11 is 0. The fourth-order valence-electron chi connectivity index (χ4n) is 5.33. The lowest BCUT2D eigenvalue weighted by molar-refractivity contribution is -0.122. The topological polar surface area (TPSA) is 73.9 Å². The number of carbonyl (C=O) groups is 2. The Bertz CT molecular complexity index is 1340. The summed E-state index contributed by atoms with van der Waals surface area (Å²) in [5.41, 5.74) is 4.42. The van der Waals surface area contributed by atoms with Crippen LogP contribution in [0.5, 0.6) is 17.2 Å². The summed E-state index contributed by atoms with van der Waals surface area (Å²) in [6.45, 7) is 4.37. The second-order valence-electron chi connectivity index (χ2n) is 10.1. The zero-order valence-corrected chi connectivity index (χ0v) is 22.0. The van der Waals surface area contributed by atoms with Gasteiger partial charge in [0.15, 0.2) is 17.3 Å². The van der Waals surface area contributed by atoms with Crippen molar-refractivity contribution in [1.82, 2.24) is 5.32 Å². The van der Waals surface area contributed by atoms with Crippen LogP contribution in [0.1, 0.15) is 61.6 Å². The Morgan fingerprint density at radius 1 is 0.868 bits per heavy atom. The van der Waals surface area contributed by atoms with Crippen molar-refractivity contribution >= 4 is 11.7 Å². The lowest BCUT2D eigenvalue weighted by atomic mass is 9.73. The van der Waals surface area contributed by atoms with Gasteiger partial charge in [-0.2, -0.15) is 0 Å². The third kappa shape index (κ3) is 5.59. The number of hydrogen-bond donors (Lipinski definition) is 1. The monoisotopic (exact) mass is 511 g/mol. The molecule has 1 amide bonds. The number of Topliss-reactive ketones (excluding diaryl/α,β-unsaturated/α-hetero) is 1. The number of amides is 1. The van der Waals surface area contributed by atoms with Gasteiger partial charge in [0, 0.05) is 30.0 Å². The van der Waals surface area contributed by atoms with Crippen LogP contribution in [-0.2, 0) is 16.2 Å². The highest BCUT2D eigenvalue weighted by Crippen LogP contribution is 2.44. The first-order chi connectivity index (χ1) is 18.4. The Morgan fingerprint density at radius 3 is 2.32 bits per heavy atom. The molecular weight excluding hydrogens is 478 g/mol. The summed E-state index contributed by atoms with van der Waals surface area (Å²) in [7, 11) is 1.60. The van der Waals surface area contributed by atoms with E-state index in [0.29, 0.717) is 36.5 Å². The molecule has 196 valence electrons. The number of ketones is 1. The highest BCUT2D eigenvalue weighted by atomic mass is 16.5. The molecule has 0 fully saturated rings. The molecule has 6 nitrogen and oxygen atoms in total. The second kappa shape index (κ2) is 11.1. The molecule has 2 unspecified atom stereocenters. The van der Waals surface area contributed by atoms with Crippen LogP contribution in [0.25, 0.3) is 0 Å². The molecule has 0 saturated carbocycles. The van der Waals surface area contributed by atoms with Crippen LogP contribution in [0, 0.1) is 0 Å². The normalized spacial score (nSPS) is 19.2. The highest BCUT2D eigenvalue weighted by molar-refractivity contribution is 6.02. The van der Waals surface area contributed by atoms with Gasteiger partial charge < -0.3 is 19.5 Å². The van der Waals surface area contributed by atoms with E-state index in [0.717, 1.165) is 28.1 Å². The van der Waals surface area contributed by atoms with Crippen LogP contribution >= 0.6 is 0 Å². The average Bonchev–Trinajstić information content (AvgIpc) is 2.91. The molecule has 3 aromatic rings. The quantitative estimate of drug-likeness (QED) is 0.398. The minimum Gasteiger partial charge on any atom is -0.493 e. The third-order valence-corrected chi connectivity index (χ3v) is 7.09. The number of allylic oxidation sites excluding steroid dienone is 2. The second-order valence-corrected chi connectivity index (χ2v) is 10.1. The van der Waals surface area contributed by atoms with Gasteiger partial charge in [0.25, 0.3) is 0 Å². The van der Waals surface area contributed by atoms with Gasteiger partial charge in [-0.15, -0.1) is 0 Å². The fourth-order valence-corrected chi connectivity index (χ4v) is 5.33. The molecule has 0 aromatic heterocycles. The lowest BCUT2D eigenvalue weighted by Crippen LogP contribution is -2.38. The SMILES string of the molecule is COc1ccc(C2CC(=O)NC3=C2C(=O)CC(c2ccc(OC(C)C)cc2)C3)cc1OCc1ccccc1. The minimum atomic E-state index is -0.320. The first kappa shape index (κ1) is 25.6. The first-order valence-electron chi connectivity index (χ1n) is 13.1. The summed E-state index contributed by atoms with van der Waals surface area (Å²) in [5, 5.41) is 3.01. The average molecular weight is 512 g/mol. The van der Waals surface area contributed by atoms with Crippen LogP contribution in [0.3, 0.4) is 0 Å². The number of methoxy groups -OCH3 is 1. The number of rotatable bonds is 8. The standard InChI is InChI=1S/C32H33NO5/c1-20(2)38-25-12-9-22(10-13-25)24-15-27-32(28(34)16-24)26(18-31(35)33-27)23-11-14-29(36-3)30(17-23)37-19-21-7-5-4-6-8-21/h4-14,17,20,24,26H,15-16,18-19H2,1-3H3,(H,33,35). The Kier molecular flexibility index (Phi) is 7.50. The maximum Gasteiger partial charge on any atom is 0.225 e. The highest BCUT2D eigenvalue weighted by Gasteiger charge is 2.38. The Balaban J connectivity index is 1.40. The van der Waals surface area contributed by atoms with Crippen molar-refractivity contribution in [2.45, 2.75) is 57.7 Å². The number of nitrogens with one attached hydrogen (secondary N) is 1. The summed E-state index contributed by atoms with van der Waals surface area (Å²) in [6, 6.07) is 23.5. The van der Waals surface area contributed by atoms with E-state index in [4.69, 9.17) is 14.2 Å². The predicted octanol–water partition coefficient (Wildman–Crippen LogP) is 6.07. The maximum atomic E-state index is 13.5. The molecular formula is C32H33NO5. The van der Waals surface area contributed by atoms with Crippen molar-refractivity contribution < 1.29 is 23.8 Å². The maximum absolute atomic E-state index is 13.5. The molecule has 0 saturated heterocycles. The predicted molar refractivity (Wildman–Crippen MR) is 145 cm³/mol. The van der Waals surface area contributed by atoms with Crippen molar-refractivity contribution in [2.24, 2.45) is 0 Å². The third-order valence-electron chi connectivity index (χ3n) is 7.09. The van der Waals surface area contributed by atoms with Gasteiger partial charge in [-0.05, 0) is 67.1 Å². The van der Waals surface area contributed by atoms with E-state index >= 15 is 0 Å². The molecule has 1 heterocycles. The van der Waals surface area contributed by atoms with E-state index in [1.807, 2.05) is 86.6 Å². The summed E-state index contributed by atoms with van der Waals surface area (Å²) in [4.78, 5) is 26.3. The number of benzene rings is 3. The van der Waals surface area contributed by atoms with E-state index in [1.54, 1.807) is 7.11 Å². The van der Waals surface area contributed by atoms with E-state index in [2.05, 4.69) is 5.32 Å². The van der Waals surface area contributed by atoms with Gasteiger partial charge in [-0.1, -0.05) is 48.5 Å². The molecule has 1 aliphatic carbocycles. The van der Waals surface area contributed by atoms with Crippen molar-refractivity contribution in [3.8, 4) is 17.2 Å². The molecule has 38 heavy (non-hydrogen) atoms. The molecule has 1 aliphatic heterocycles. The van der Waals surface area contributed by atoms with Crippen molar-refractivity contribution in [3.63, 3.8) is 0 Å². The van der Waals surface area contributed by atoms with Gasteiger partial charge in [-0.3, -0.25) is 9.59 Å². The Labute approximate surface area is 223 Å². The molecule has 2 aliphatic rings. The molecule has 0 radical (unpaired) electrons. The molecule has 0 spiro atoms. The zero-order chi connectivity index (χ0) is 26.6. The van der Waals surface area contributed by atoms with Gasteiger partial charge >= 0.3 is 0 Å². The molecule has 2 atom stereocenters. The zero-order valence-electron chi connectivity index (χ0n) is 22.0. The van der Waals surface area contributed by atoms with Gasteiger partial charge in [-0.25, -0.2) is 0 Å². The van der Waals surface area contributed by atoms with Crippen LogP contribution < -0.4 is 19.5 Å². The number of ether oxygens (including phenoxy) is 3. The smallest absolute Gasteiger partial charge is 0.225 e.